The highest BCUT2D eigenvalue weighted by Crippen LogP contribution is 1.99. The zero-order valence-corrected chi connectivity index (χ0v) is 5.83. The molecule has 1 N–H and O–H groups in total. The maximum Gasteiger partial charge on any atom is 0.0707 e. The Balaban J connectivity index is 0.000000490. The third kappa shape index (κ3) is 1.99. The minimum absolute atomic E-state index is 0. The number of hydrogen-bond donors (Lipinski definition) is 1. The Hall–Kier alpha value is 0.210. The molecule has 1 saturated heterocycles. The largest absolute Gasteiger partial charge is 0.380 e. The van der Waals surface area contributed by atoms with E-state index in [1.165, 1.54) is 6.42 Å². The summed E-state index contributed by atoms with van der Waals surface area (Å²) in [5.74, 6) is 0. The molecule has 1 aliphatic rings. The molecule has 0 amide bonds. The van der Waals surface area contributed by atoms with Gasteiger partial charge in [-0.05, 0) is 13.0 Å². The molecule has 1 rings (SSSR count). The highest BCUT2D eigenvalue weighted by molar-refractivity contribution is 5.85. The Morgan fingerprint density at radius 3 is 2.62 bits per heavy atom. The van der Waals surface area contributed by atoms with Gasteiger partial charge in [0, 0.05) is 13.7 Å². The lowest BCUT2D eigenvalue weighted by Crippen LogP contribution is -2.14. The van der Waals surface area contributed by atoms with E-state index in [1.54, 1.807) is 7.11 Å². The minimum Gasteiger partial charge on any atom is -0.380 e. The first-order valence-corrected chi connectivity index (χ1v) is 2.67. The molecular formula is C5H12ClNO. The summed E-state index contributed by atoms with van der Waals surface area (Å²) >= 11 is 0. The second kappa shape index (κ2) is 4.13. The molecule has 50 valence electrons. The fourth-order valence-corrected chi connectivity index (χ4v) is 0.829. The van der Waals surface area contributed by atoms with Crippen LogP contribution in [0.15, 0.2) is 0 Å². The van der Waals surface area contributed by atoms with Crippen molar-refractivity contribution < 1.29 is 4.74 Å². The molecule has 1 heterocycles. The number of halogens is 1. The lowest BCUT2D eigenvalue weighted by atomic mass is 10.3. The van der Waals surface area contributed by atoms with Crippen molar-refractivity contribution in [2.75, 3.05) is 20.2 Å². The van der Waals surface area contributed by atoms with Gasteiger partial charge in [-0.1, -0.05) is 0 Å². The van der Waals surface area contributed by atoms with Crippen LogP contribution in [0.4, 0.5) is 0 Å². The fourth-order valence-electron chi connectivity index (χ4n) is 0.829. The van der Waals surface area contributed by atoms with Crippen molar-refractivity contribution in [2.45, 2.75) is 12.5 Å². The van der Waals surface area contributed by atoms with Crippen LogP contribution in [0.3, 0.4) is 0 Å². The molecule has 0 aromatic heterocycles. The molecule has 8 heavy (non-hydrogen) atoms. The summed E-state index contributed by atoms with van der Waals surface area (Å²) in [7, 11) is 1.76. The van der Waals surface area contributed by atoms with Crippen LogP contribution in [0.1, 0.15) is 6.42 Å². The van der Waals surface area contributed by atoms with E-state index < -0.39 is 0 Å². The van der Waals surface area contributed by atoms with Crippen molar-refractivity contribution in [1.82, 2.24) is 5.32 Å². The molecule has 1 atom stereocenters. The Labute approximate surface area is 56.0 Å². The maximum absolute atomic E-state index is 5.05. The van der Waals surface area contributed by atoms with Crippen LogP contribution in [0, 0.1) is 0 Å². The molecule has 0 saturated carbocycles. The summed E-state index contributed by atoms with van der Waals surface area (Å²) in [6, 6.07) is 0. The quantitative estimate of drug-likeness (QED) is 0.566. The van der Waals surface area contributed by atoms with Gasteiger partial charge in [0.05, 0.1) is 6.10 Å². The summed E-state index contributed by atoms with van der Waals surface area (Å²) in [6.07, 6.45) is 1.66. The van der Waals surface area contributed by atoms with Gasteiger partial charge in [-0.3, -0.25) is 0 Å². The topological polar surface area (TPSA) is 21.3 Å². The third-order valence-corrected chi connectivity index (χ3v) is 1.35. The van der Waals surface area contributed by atoms with Crippen LogP contribution in [0.25, 0.3) is 0 Å². The number of nitrogens with one attached hydrogen (secondary N) is 1. The first kappa shape index (κ1) is 8.21. The number of ether oxygens (including phenoxy) is 1. The molecule has 1 aliphatic heterocycles. The fraction of sp³-hybridized carbons (Fsp3) is 1.00. The minimum atomic E-state index is 0. The van der Waals surface area contributed by atoms with Crippen LogP contribution in [0.2, 0.25) is 0 Å². The lowest BCUT2D eigenvalue weighted by molar-refractivity contribution is 0.119. The van der Waals surface area contributed by atoms with Gasteiger partial charge in [-0.15, -0.1) is 12.4 Å². The predicted molar refractivity (Wildman–Crippen MR) is 35.5 cm³/mol. The Kier molecular flexibility index (Phi) is 4.23. The average molecular weight is 138 g/mol. The summed E-state index contributed by atoms with van der Waals surface area (Å²) in [5, 5.41) is 3.20. The Morgan fingerprint density at radius 1 is 1.62 bits per heavy atom. The van der Waals surface area contributed by atoms with Crippen molar-refractivity contribution in [3.63, 3.8) is 0 Å². The summed E-state index contributed by atoms with van der Waals surface area (Å²) < 4.78 is 5.05. The van der Waals surface area contributed by atoms with Gasteiger partial charge >= 0.3 is 0 Å². The van der Waals surface area contributed by atoms with E-state index in [2.05, 4.69) is 5.32 Å². The van der Waals surface area contributed by atoms with Crippen molar-refractivity contribution in [2.24, 2.45) is 0 Å². The van der Waals surface area contributed by atoms with Crippen LogP contribution in [-0.4, -0.2) is 26.3 Å². The molecule has 1 unspecified atom stereocenters. The molecule has 0 radical (unpaired) electrons. The van der Waals surface area contributed by atoms with Crippen molar-refractivity contribution in [1.29, 1.82) is 0 Å². The highest BCUT2D eigenvalue weighted by atomic mass is 35.5. The molecule has 0 aromatic carbocycles. The van der Waals surface area contributed by atoms with Crippen molar-refractivity contribution in [3.05, 3.63) is 0 Å². The zero-order chi connectivity index (χ0) is 5.11. The first-order chi connectivity index (χ1) is 3.43. The second-order valence-corrected chi connectivity index (χ2v) is 1.85. The van der Waals surface area contributed by atoms with E-state index >= 15 is 0 Å². The van der Waals surface area contributed by atoms with Gasteiger partial charge in [0.25, 0.3) is 0 Å². The molecule has 2 nitrogen and oxygen atoms in total. The van der Waals surface area contributed by atoms with Crippen LogP contribution in [0.5, 0.6) is 0 Å². The van der Waals surface area contributed by atoms with Crippen molar-refractivity contribution in [3.8, 4) is 0 Å². The SMILES string of the molecule is COC1CCNC1.Cl. The number of methoxy groups -OCH3 is 1. The molecule has 0 bridgehead atoms. The Morgan fingerprint density at radius 2 is 2.38 bits per heavy atom. The van der Waals surface area contributed by atoms with Crippen LogP contribution >= 0.6 is 12.4 Å². The monoisotopic (exact) mass is 137 g/mol. The molecule has 3 heteroatoms. The summed E-state index contributed by atoms with van der Waals surface area (Å²) in [6.45, 7) is 2.16. The maximum atomic E-state index is 5.05. The van der Waals surface area contributed by atoms with Gasteiger partial charge < -0.3 is 10.1 Å². The molecule has 0 aliphatic carbocycles. The third-order valence-electron chi connectivity index (χ3n) is 1.35. The lowest BCUT2D eigenvalue weighted by Gasteiger charge is -2.01. The Bertz CT molecular complexity index is 54.4. The van der Waals surface area contributed by atoms with Crippen LogP contribution in [-0.2, 0) is 4.74 Å². The van der Waals surface area contributed by atoms with Crippen LogP contribution < -0.4 is 5.32 Å². The number of hydrogen-bond acceptors (Lipinski definition) is 2. The van der Waals surface area contributed by atoms with E-state index in [1.807, 2.05) is 0 Å². The van der Waals surface area contributed by atoms with E-state index in [0.717, 1.165) is 13.1 Å². The van der Waals surface area contributed by atoms with Gasteiger partial charge in [-0.25, -0.2) is 0 Å². The van der Waals surface area contributed by atoms with E-state index in [4.69, 9.17) is 4.74 Å². The van der Waals surface area contributed by atoms with Gasteiger partial charge in [0.2, 0.25) is 0 Å². The zero-order valence-electron chi connectivity index (χ0n) is 5.02. The first-order valence-electron chi connectivity index (χ1n) is 2.67. The summed E-state index contributed by atoms with van der Waals surface area (Å²) in [5.41, 5.74) is 0. The van der Waals surface area contributed by atoms with E-state index in [-0.39, 0.29) is 12.4 Å². The van der Waals surface area contributed by atoms with Gasteiger partial charge in [-0.2, -0.15) is 0 Å². The summed E-state index contributed by atoms with van der Waals surface area (Å²) in [4.78, 5) is 0. The highest BCUT2D eigenvalue weighted by Gasteiger charge is 2.11. The predicted octanol–water partition coefficient (Wildman–Crippen LogP) is 0.416. The van der Waals surface area contributed by atoms with Gasteiger partial charge in [0.1, 0.15) is 0 Å². The molecule has 0 spiro atoms. The molecular weight excluding hydrogens is 126 g/mol. The van der Waals surface area contributed by atoms with Gasteiger partial charge in [0.15, 0.2) is 0 Å². The second-order valence-electron chi connectivity index (χ2n) is 1.85. The standard InChI is InChI=1S/C5H11NO.ClH/c1-7-5-2-3-6-4-5;/h5-6H,2-4H2,1H3;1H. The van der Waals surface area contributed by atoms with E-state index in [9.17, 15) is 0 Å². The van der Waals surface area contributed by atoms with E-state index in [0.29, 0.717) is 6.10 Å². The smallest absolute Gasteiger partial charge is 0.0707 e. The molecule has 0 aromatic rings. The number of rotatable bonds is 1. The molecule has 1 fully saturated rings. The average Bonchev–Trinajstić information content (AvgIpc) is 2.14. The van der Waals surface area contributed by atoms with Crippen molar-refractivity contribution >= 4 is 12.4 Å². The normalized spacial score (nSPS) is 27.4.